The molecule has 0 bridgehead atoms. The van der Waals surface area contributed by atoms with Crippen LogP contribution in [-0.2, 0) is 4.74 Å². The summed E-state index contributed by atoms with van der Waals surface area (Å²) in [7, 11) is 1.34. The SMILES string of the molecule is COC(=O)NNC1c2ccccc2-c2ccccc21. The van der Waals surface area contributed by atoms with E-state index in [0.29, 0.717) is 0 Å². The molecule has 0 aliphatic heterocycles. The van der Waals surface area contributed by atoms with Gasteiger partial charge in [-0.15, -0.1) is 0 Å². The van der Waals surface area contributed by atoms with Gasteiger partial charge < -0.3 is 4.74 Å². The van der Waals surface area contributed by atoms with Crippen LogP contribution in [0.25, 0.3) is 11.1 Å². The number of nitrogens with one attached hydrogen (secondary N) is 2. The average Bonchev–Trinajstić information content (AvgIpc) is 2.79. The van der Waals surface area contributed by atoms with E-state index in [-0.39, 0.29) is 6.04 Å². The molecule has 1 amide bonds. The molecule has 4 nitrogen and oxygen atoms in total. The number of carbonyl (C=O) groups is 1. The van der Waals surface area contributed by atoms with E-state index in [4.69, 9.17) is 0 Å². The Balaban J connectivity index is 1.98. The van der Waals surface area contributed by atoms with Crippen molar-refractivity contribution in [2.45, 2.75) is 6.04 Å². The molecule has 4 heteroatoms. The van der Waals surface area contributed by atoms with Crippen LogP contribution in [0.3, 0.4) is 0 Å². The highest BCUT2D eigenvalue weighted by Gasteiger charge is 2.27. The Hall–Kier alpha value is -2.33. The second-order valence-corrected chi connectivity index (χ2v) is 4.37. The number of methoxy groups -OCH3 is 1. The van der Waals surface area contributed by atoms with Crippen molar-refractivity contribution in [3.8, 4) is 11.1 Å². The molecule has 1 aliphatic rings. The smallest absolute Gasteiger partial charge is 0.421 e. The van der Waals surface area contributed by atoms with Crippen molar-refractivity contribution >= 4 is 6.09 Å². The second-order valence-electron chi connectivity index (χ2n) is 4.37. The lowest BCUT2D eigenvalue weighted by Gasteiger charge is -2.15. The van der Waals surface area contributed by atoms with E-state index in [0.717, 1.165) is 11.1 Å². The van der Waals surface area contributed by atoms with Crippen molar-refractivity contribution in [1.29, 1.82) is 0 Å². The fourth-order valence-corrected chi connectivity index (χ4v) is 2.49. The maximum absolute atomic E-state index is 11.2. The van der Waals surface area contributed by atoms with Gasteiger partial charge in [-0.3, -0.25) is 5.43 Å². The number of carbonyl (C=O) groups excluding carboxylic acids is 1. The van der Waals surface area contributed by atoms with Gasteiger partial charge >= 0.3 is 6.09 Å². The van der Waals surface area contributed by atoms with Gasteiger partial charge in [0, 0.05) is 0 Å². The Morgan fingerprint density at radius 1 is 1.00 bits per heavy atom. The zero-order valence-corrected chi connectivity index (χ0v) is 10.5. The molecule has 2 aromatic rings. The van der Waals surface area contributed by atoms with Gasteiger partial charge in [0.25, 0.3) is 0 Å². The highest BCUT2D eigenvalue weighted by atomic mass is 16.5. The van der Waals surface area contributed by atoms with Crippen molar-refractivity contribution in [1.82, 2.24) is 10.9 Å². The van der Waals surface area contributed by atoms with Crippen molar-refractivity contribution in [2.24, 2.45) is 0 Å². The number of amides is 1. The van der Waals surface area contributed by atoms with Crippen LogP contribution in [0, 0.1) is 0 Å². The molecule has 0 heterocycles. The third kappa shape index (κ3) is 1.96. The molecule has 0 unspecified atom stereocenters. The van der Waals surface area contributed by atoms with Crippen molar-refractivity contribution in [2.75, 3.05) is 7.11 Å². The number of ether oxygens (including phenoxy) is 1. The van der Waals surface area contributed by atoms with Crippen LogP contribution in [0.1, 0.15) is 17.2 Å². The zero-order valence-electron chi connectivity index (χ0n) is 10.5. The fourth-order valence-electron chi connectivity index (χ4n) is 2.49. The first kappa shape index (κ1) is 11.7. The predicted molar refractivity (Wildman–Crippen MR) is 72.4 cm³/mol. The highest BCUT2D eigenvalue weighted by molar-refractivity contribution is 5.78. The molecule has 0 aromatic heterocycles. The zero-order chi connectivity index (χ0) is 13.2. The number of rotatable bonds is 2. The molecule has 0 radical (unpaired) electrons. The van der Waals surface area contributed by atoms with Gasteiger partial charge in [0.2, 0.25) is 0 Å². The predicted octanol–water partition coefficient (Wildman–Crippen LogP) is 2.62. The lowest BCUT2D eigenvalue weighted by molar-refractivity contribution is 0.164. The molecule has 3 rings (SSSR count). The second kappa shape index (κ2) is 4.74. The van der Waals surface area contributed by atoms with Crippen LogP contribution in [-0.4, -0.2) is 13.2 Å². The van der Waals surface area contributed by atoms with Crippen LogP contribution in [0.4, 0.5) is 4.79 Å². The first-order chi connectivity index (χ1) is 9.31. The maximum Gasteiger partial charge on any atom is 0.421 e. The topological polar surface area (TPSA) is 50.4 Å². The van der Waals surface area contributed by atoms with E-state index in [1.807, 2.05) is 24.3 Å². The number of hydrogen-bond donors (Lipinski definition) is 2. The molecule has 0 saturated heterocycles. The summed E-state index contributed by atoms with van der Waals surface area (Å²) < 4.78 is 4.57. The summed E-state index contributed by atoms with van der Waals surface area (Å²) in [4.78, 5) is 11.2. The van der Waals surface area contributed by atoms with Crippen LogP contribution < -0.4 is 10.9 Å². The third-order valence-corrected chi connectivity index (χ3v) is 3.34. The van der Waals surface area contributed by atoms with E-state index < -0.39 is 6.09 Å². The van der Waals surface area contributed by atoms with Gasteiger partial charge in [-0.1, -0.05) is 48.5 Å². The van der Waals surface area contributed by atoms with Gasteiger partial charge in [0.1, 0.15) is 0 Å². The Morgan fingerprint density at radius 3 is 2.05 bits per heavy atom. The monoisotopic (exact) mass is 254 g/mol. The fraction of sp³-hybridized carbons (Fsp3) is 0.133. The summed E-state index contributed by atoms with van der Waals surface area (Å²) in [6.07, 6.45) is -0.498. The minimum atomic E-state index is -0.498. The van der Waals surface area contributed by atoms with E-state index in [1.165, 1.54) is 18.2 Å². The van der Waals surface area contributed by atoms with Crippen LogP contribution in [0.2, 0.25) is 0 Å². The van der Waals surface area contributed by atoms with Gasteiger partial charge in [0.15, 0.2) is 0 Å². The summed E-state index contributed by atoms with van der Waals surface area (Å²) in [5.41, 5.74) is 10.3. The number of hydrazine groups is 1. The molecule has 1 aliphatic carbocycles. The largest absolute Gasteiger partial charge is 0.452 e. The van der Waals surface area contributed by atoms with Crippen molar-refractivity contribution in [3.63, 3.8) is 0 Å². The van der Waals surface area contributed by atoms with E-state index >= 15 is 0 Å². The normalized spacial score (nSPS) is 12.7. The third-order valence-electron chi connectivity index (χ3n) is 3.34. The Bertz CT molecular complexity index is 580. The van der Waals surface area contributed by atoms with Crippen LogP contribution in [0.5, 0.6) is 0 Å². The molecule has 2 aromatic carbocycles. The number of fused-ring (bicyclic) bond motifs is 3. The van der Waals surface area contributed by atoms with E-state index in [9.17, 15) is 4.79 Å². The molecular formula is C15H14N2O2. The Labute approximate surface area is 111 Å². The summed E-state index contributed by atoms with van der Waals surface area (Å²) in [5, 5.41) is 0. The Kier molecular flexibility index (Phi) is 2.93. The highest BCUT2D eigenvalue weighted by Crippen LogP contribution is 2.42. The first-order valence-electron chi connectivity index (χ1n) is 6.09. The number of hydrogen-bond acceptors (Lipinski definition) is 3. The number of benzene rings is 2. The molecule has 0 atom stereocenters. The maximum atomic E-state index is 11.2. The first-order valence-corrected chi connectivity index (χ1v) is 6.09. The van der Waals surface area contributed by atoms with E-state index in [1.54, 1.807) is 0 Å². The lowest BCUT2D eigenvalue weighted by Crippen LogP contribution is -2.39. The molecule has 2 N–H and O–H groups in total. The molecule has 96 valence electrons. The van der Waals surface area contributed by atoms with Crippen LogP contribution in [0.15, 0.2) is 48.5 Å². The summed E-state index contributed by atoms with van der Waals surface area (Å²) in [5.74, 6) is 0. The van der Waals surface area contributed by atoms with Crippen molar-refractivity contribution in [3.05, 3.63) is 59.7 Å². The molecular weight excluding hydrogens is 240 g/mol. The van der Waals surface area contributed by atoms with Gasteiger partial charge in [-0.25, -0.2) is 10.2 Å². The molecule has 0 saturated carbocycles. The minimum absolute atomic E-state index is 0.0495. The van der Waals surface area contributed by atoms with Gasteiger partial charge in [0.05, 0.1) is 13.2 Å². The minimum Gasteiger partial charge on any atom is -0.452 e. The van der Waals surface area contributed by atoms with Gasteiger partial charge in [-0.2, -0.15) is 0 Å². The van der Waals surface area contributed by atoms with Crippen LogP contribution >= 0.6 is 0 Å². The van der Waals surface area contributed by atoms with Crippen molar-refractivity contribution < 1.29 is 9.53 Å². The van der Waals surface area contributed by atoms with E-state index in [2.05, 4.69) is 39.9 Å². The average molecular weight is 254 g/mol. The lowest BCUT2D eigenvalue weighted by atomic mass is 10.1. The summed E-state index contributed by atoms with van der Waals surface area (Å²) >= 11 is 0. The quantitative estimate of drug-likeness (QED) is 0.810. The summed E-state index contributed by atoms with van der Waals surface area (Å²) in [6, 6.07) is 16.3. The molecule has 0 fully saturated rings. The van der Waals surface area contributed by atoms with Gasteiger partial charge in [-0.05, 0) is 22.3 Å². The molecule has 19 heavy (non-hydrogen) atoms. The standard InChI is InChI=1S/C15H14N2O2/c1-19-15(18)17-16-14-12-8-4-2-6-10(12)11-7-3-5-9-13(11)14/h2-9,14,16H,1H3,(H,17,18). The summed E-state index contributed by atoms with van der Waals surface area (Å²) in [6.45, 7) is 0. The molecule has 0 spiro atoms. The Morgan fingerprint density at radius 2 is 1.53 bits per heavy atom.